The van der Waals surface area contributed by atoms with Gasteiger partial charge in [0.25, 0.3) is 5.91 Å². The molecule has 0 bridgehead atoms. The minimum absolute atomic E-state index is 0.194. The van der Waals surface area contributed by atoms with Crippen LogP contribution in [0.5, 0.6) is 0 Å². The van der Waals surface area contributed by atoms with E-state index in [-0.39, 0.29) is 12.5 Å². The Kier molecular flexibility index (Phi) is 4.66. The van der Waals surface area contributed by atoms with Gasteiger partial charge in [0, 0.05) is 24.2 Å². The van der Waals surface area contributed by atoms with Crippen LogP contribution >= 0.6 is 0 Å². The molecular formula is C19H20N6O2. The first kappa shape index (κ1) is 17.3. The molecule has 3 aromatic rings. The lowest BCUT2D eigenvalue weighted by Gasteiger charge is -2.21. The number of nitrogens with one attached hydrogen (secondary N) is 3. The zero-order valence-corrected chi connectivity index (χ0v) is 14.6. The number of rotatable bonds is 5. The minimum atomic E-state index is -0.863. The number of nitrogens with zero attached hydrogens (tertiary/aromatic N) is 3. The van der Waals surface area contributed by atoms with Crippen LogP contribution < -0.4 is 10.6 Å². The van der Waals surface area contributed by atoms with Gasteiger partial charge in [-0.15, -0.1) is 10.2 Å². The molecule has 2 heterocycles. The van der Waals surface area contributed by atoms with Gasteiger partial charge in [-0.3, -0.25) is 4.79 Å². The van der Waals surface area contributed by atoms with Gasteiger partial charge in [-0.25, -0.2) is 0 Å². The Hall–Kier alpha value is -3.10. The normalized spacial score (nSPS) is 19.1. The predicted octanol–water partition coefficient (Wildman–Crippen LogP) is 0.988. The van der Waals surface area contributed by atoms with Crippen LogP contribution in [-0.4, -0.2) is 56.9 Å². The van der Waals surface area contributed by atoms with Crippen molar-refractivity contribution >= 4 is 5.91 Å². The molecule has 1 amide bonds. The van der Waals surface area contributed by atoms with Crippen molar-refractivity contribution in [2.75, 3.05) is 19.6 Å². The van der Waals surface area contributed by atoms with Crippen LogP contribution in [0.2, 0.25) is 0 Å². The first-order chi connectivity index (χ1) is 13.1. The van der Waals surface area contributed by atoms with Crippen molar-refractivity contribution in [3.8, 4) is 22.5 Å². The standard InChI is InChI=1S/C19H20N6O2/c26-18(21-12-19(27)8-9-20-11-19)16-3-1-2-15(10-16)13-4-6-14(7-5-13)17-22-24-25-23-17/h1-7,10,20,27H,8-9,11-12H2,(H,21,26)(H,22,23,24,25). The van der Waals surface area contributed by atoms with Crippen molar-refractivity contribution in [2.45, 2.75) is 12.0 Å². The number of amides is 1. The average Bonchev–Trinajstić information content (AvgIpc) is 3.39. The summed E-state index contributed by atoms with van der Waals surface area (Å²) in [5, 5.41) is 30.2. The van der Waals surface area contributed by atoms with Gasteiger partial charge in [0.05, 0.1) is 5.60 Å². The third-order valence-electron chi connectivity index (χ3n) is 4.75. The van der Waals surface area contributed by atoms with Crippen molar-refractivity contribution in [1.29, 1.82) is 0 Å². The number of β-amino-alcohol motifs (C(OH)–C–C–N with tert-alkyl or cyclic N) is 1. The molecule has 1 aromatic heterocycles. The summed E-state index contributed by atoms with van der Waals surface area (Å²) in [7, 11) is 0. The van der Waals surface area contributed by atoms with Crippen molar-refractivity contribution in [3.05, 3.63) is 54.1 Å². The third kappa shape index (κ3) is 3.86. The summed E-state index contributed by atoms with van der Waals surface area (Å²) in [5.74, 6) is 0.342. The Bertz CT molecular complexity index is 918. The molecule has 0 saturated carbocycles. The summed E-state index contributed by atoms with van der Waals surface area (Å²) in [6, 6.07) is 15.1. The fourth-order valence-corrected chi connectivity index (χ4v) is 3.16. The molecule has 0 radical (unpaired) electrons. The number of H-pyrrole nitrogens is 1. The largest absolute Gasteiger partial charge is 0.387 e. The van der Waals surface area contributed by atoms with Crippen LogP contribution in [0.4, 0.5) is 0 Å². The minimum Gasteiger partial charge on any atom is -0.387 e. The van der Waals surface area contributed by atoms with E-state index >= 15 is 0 Å². The molecule has 4 rings (SSSR count). The second kappa shape index (κ2) is 7.26. The van der Waals surface area contributed by atoms with Crippen LogP contribution in [0.25, 0.3) is 22.5 Å². The Morgan fingerprint density at radius 1 is 1.15 bits per heavy atom. The van der Waals surface area contributed by atoms with Gasteiger partial charge in [-0.2, -0.15) is 5.21 Å². The summed E-state index contributed by atoms with van der Waals surface area (Å²) >= 11 is 0. The number of aliphatic hydroxyl groups is 1. The molecule has 8 heteroatoms. The number of hydrogen-bond donors (Lipinski definition) is 4. The maximum Gasteiger partial charge on any atom is 0.251 e. The highest BCUT2D eigenvalue weighted by molar-refractivity contribution is 5.95. The van der Waals surface area contributed by atoms with Gasteiger partial charge >= 0.3 is 0 Å². The number of aromatic amines is 1. The zero-order chi connectivity index (χ0) is 18.7. The summed E-state index contributed by atoms with van der Waals surface area (Å²) in [6.45, 7) is 1.50. The lowest BCUT2D eigenvalue weighted by atomic mass is 10.0. The zero-order valence-electron chi connectivity index (χ0n) is 14.6. The first-order valence-corrected chi connectivity index (χ1v) is 8.79. The van der Waals surface area contributed by atoms with Gasteiger partial charge in [0.2, 0.25) is 5.82 Å². The van der Waals surface area contributed by atoms with Gasteiger partial charge in [-0.1, -0.05) is 36.4 Å². The molecular weight excluding hydrogens is 344 g/mol. The van der Waals surface area contributed by atoms with Crippen LogP contribution in [0, 0.1) is 0 Å². The van der Waals surface area contributed by atoms with E-state index in [0.717, 1.165) is 23.2 Å². The van der Waals surface area contributed by atoms with Crippen molar-refractivity contribution in [1.82, 2.24) is 31.3 Å². The molecule has 1 aliphatic rings. The fraction of sp³-hybridized carbons (Fsp3) is 0.263. The maximum absolute atomic E-state index is 12.5. The van der Waals surface area contributed by atoms with E-state index in [2.05, 4.69) is 31.3 Å². The van der Waals surface area contributed by atoms with E-state index in [9.17, 15) is 9.90 Å². The molecule has 2 aromatic carbocycles. The monoisotopic (exact) mass is 364 g/mol. The number of carbonyl (C=O) groups is 1. The molecule has 1 fully saturated rings. The lowest BCUT2D eigenvalue weighted by Crippen LogP contribution is -2.44. The van der Waals surface area contributed by atoms with Crippen molar-refractivity contribution in [2.24, 2.45) is 0 Å². The van der Waals surface area contributed by atoms with Gasteiger partial charge < -0.3 is 15.7 Å². The third-order valence-corrected chi connectivity index (χ3v) is 4.75. The van der Waals surface area contributed by atoms with E-state index in [4.69, 9.17) is 0 Å². The highest BCUT2D eigenvalue weighted by Crippen LogP contribution is 2.23. The molecule has 8 nitrogen and oxygen atoms in total. The van der Waals surface area contributed by atoms with E-state index < -0.39 is 5.60 Å². The molecule has 27 heavy (non-hydrogen) atoms. The molecule has 138 valence electrons. The highest BCUT2D eigenvalue weighted by Gasteiger charge is 2.31. The predicted molar refractivity (Wildman–Crippen MR) is 99.8 cm³/mol. The molecule has 1 aliphatic heterocycles. The van der Waals surface area contributed by atoms with E-state index in [1.165, 1.54) is 0 Å². The van der Waals surface area contributed by atoms with E-state index in [1.807, 2.05) is 42.5 Å². The Labute approximate surface area is 156 Å². The van der Waals surface area contributed by atoms with E-state index in [0.29, 0.717) is 24.4 Å². The number of tetrazole rings is 1. The van der Waals surface area contributed by atoms with Crippen LogP contribution in [0.1, 0.15) is 16.8 Å². The molecule has 1 unspecified atom stereocenters. The highest BCUT2D eigenvalue weighted by atomic mass is 16.3. The van der Waals surface area contributed by atoms with Crippen molar-refractivity contribution in [3.63, 3.8) is 0 Å². The Morgan fingerprint density at radius 2 is 1.96 bits per heavy atom. The summed E-state index contributed by atoms with van der Waals surface area (Å²) in [4.78, 5) is 12.5. The van der Waals surface area contributed by atoms with Gasteiger partial charge in [0.1, 0.15) is 0 Å². The smallest absolute Gasteiger partial charge is 0.251 e. The molecule has 4 N–H and O–H groups in total. The molecule has 1 atom stereocenters. The number of benzene rings is 2. The molecule has 0 aliphatic carbocycles. The van der Waals surface area contributed by atoms with Crippen molar-refractivity contribution < 1.29 is 9.90 Å². The quantitative estimate of drug-likeness (QED) is 0.537. The SMILES string of the molecule is O=C(NCC1(O)CCNC1)c1cccc(-c2ccc(-c3nn[nH]n3)cc2)c1. The van der Waals surface area contributed by atoms with Gasteiger partial charge in [0.15, 0.2) is 0 Å². The number of carbonyl (C=O) groups excluding carboxylic acids is 1. The Balaban J connectivity index is 1.47. The van der Waals surface area contributed by atoms with Crippen LogP contribution in [0.15, 0.2) is 48.5 Å². The van der Waals surface area contributed by atoms with E-state index in [1.54, 1.807) is 6.07 Å². The number of hydrogen-bond acceptors (Lipinski definition) is 6. The maximum atomic E-state index is 12.5. The van der Waals surface area contributed by atoms with Crippen LogP contribution in [-0.2, 0) is 0 Å². The second-order valence-corrected chi connectivity index (χ2v) is 6.73. The second-order valence-electron chi connectivity index (χ2n) is 6.73. The average molecular weight is 364 g/mol. The summed E-state index contributed by atoms with van der Waals surface area (Å²) in [5.41, 5.74) is 2.47. The van der Waals surface area contributed by atoms with Crippen LogP contribution in [0.3, 0.4) is 0 Å². The fourth-order valence-electron chi connectivity index (χ4n) is 3.16. The molecule has 1 saturated heterocycles. The van der Waals surface area contributed by atoms with Gasteiger partial charge in [-0.05, 0) is 41.4 Å². The Morgan fingerprint density at radius 3 is 2.67 bits per heavy atom. The first-order valence-electron chi connectivity index (χ1n) is 8.79. The summed E-state index contributed by atoms with van der Waals surface area (Å²) in [6.07, 6.45) is 0.639. The molecule has 0 spiro atoms. The summed E-state index contributed by atoms with van der Waals surface area (Å²) < 4.78 is 0. The topological polar surface area (TPSA) is 116 Å². The lowest BCUT2D eigenvalue weighted by molar-refractivity contribution is 0.0562. The number of aromatic nitrogens is 4.